The summed E-state index contributed by atoms with van der Waals surface area (Å²) in [6, 6.07) is 7.49. The van der Waals surface area contributed by atoms with Gasteiger partial charge >= 0.3 is 0 Å². The number of ether oxygens (including phenoxy) is 1. The quantitative estimate of drug-likeness (QED) is 0.600. The largest absolute Gasteiger partial charge is 0.445 e. The molecule has 1 aromatic rings. The molecule has 0 radical (unpaired) electrons. The molecule has 0 N–H and O–H groups in total. The van der Waals surface area contributed by atoms with Crippen molar-refractivity contribution in [1.82, 2.24) is 4.90 Å². The average Bonchev–Trinajstić information content (AvgIpc) is 2.60. The van der Waals surface area contributed by atoms with Gasteiger partial charge in [-0.15, -0.1) is 0 Å². The van der Waals surface area contributed by atoms with E-state index in [1.54, 1.807) is 0 Å². The van der Waals surface area contributed by atoms with Crippen LogP contribution in [0.25, 0.3) is 5.76 Å². The first-order valence-electron chi connectivity index (χ1n) is 5.14. The van der Waals surface area contributed by atoms with Crippen molar-refractivity contribution >= 4 is 34.6 Å². The van der Waals surface area contributed by atoms with Gasteiger partial charge in [-0.2, -0.15) is 0 Å². The van der Waals surface area contributed by atoms with E-state index in [2.05, 4.69) is 0 Å². The van der Waals surface area contributed by atoms with Gasteiger partial charge in [0.05, 0.1) is 0 Å². The highest BCUT2D eigenvalue weighted by Gasteiger charge is 2.18. The molecule has 4 heteroatoms. The molecule has 0 saturated heterocycles. The molecule has 0 amide bonds. The number of halogens is 1. The molecule has 1 aromatic carbocycles. The number of hydrogen-bond acceptors (Lipinski definition) is 3. The van der Waals surface area contributed by atoms with Crippen LogP contribution in [0.1, 0.15) is 5.56 Å². The fraction of sp³-hybridized carbons (Fsp3) is 0.154. The fourth-order valence-electron chi connectivity index (χ4n) is 1.51. The van der Waals surface area contributed by atoms with Crippen molar-refractivity contribution in [2.75, 3.05) is 14.1 Å². The number of thiocarbonyl (C=S) groups is 1. The maximum atomic E-state index is 5.84. The van der Waals surface area contributed by atoms with E-state index in [0.29, 0.717) is 10.1 Å². The molecule has 1 aliphatic rings. The number of benzene rings is 1. The van der Waals surface area contributed by atoms with E-state index < -0.39 is 0 Å². The van der Waals surface area contributed by atoms with Crippen LogP contribution in [0.5, 0.6) is 0 Å². The summed E-state index contributed by atoms with van der Waals surface area (Å²) in [5.74, 6) is 0.764. The minimum atomic E-state index is 0.503. The molecule has 0 aliphatic carbocycles. The normalized spacial score (nSPS) is 17.0. The van der Waals surface area contributed by atoms with Crippen molar-refractivity contribution in [3.8, 4) is 0 Å². The lowest BCUT2D eigenvalue weighted by Gasteiger charge is -2.05. The van der Waals surface area contributed by atoms with Gasteiger partial charge in [-0.05, 0) is 42.6 Å². The first-order chi connectivity index (χ1) is 8.06. The van der Waals surface area contributed by atoms with Crippen LogP contribution in [-0.4, -0.2) is 24.0 Å². The molecule has 0 bridgehead atoms. The van der Waals surface area contributed by atoms with E-state index in [9.17, 15) is 0 Å². The third kappa shape index (κ3) is 2.87. The smallest absolute Gasteiger partial charge is 0.199 e. The molecule has 1 aliphatic heterocycles. The van der Waals surface area contributed by atoms with Crippen LogP contribution < -0.4 is 0 Å². The topological polar surface area (TPSA) is 12.5 Å². The van der Waals surface area contributed by atoms with E-state index in [0.717, 1.165) is 16.9 Å². The Balaban J connectivity index is 2.30. The maximum absolute atomic E-state index is 5.84. The summed E-state index contributed by atoms with van der Waals surface area (Å²) >= 11 is 11.0. The van der Waals surface area contributed by atoms with Gasteiger partial charge in [0, 0.05) is 36.5 Å². The van der Waals surface area contributed by atoms with Crippen LogP contribution in [0.4, 0.5) is 0 Å². The second-order valence-electron chi connectivity index (χ2n) is 3.95. The van der Waals surface area contributed by atoms with E-state index >= 15 is 0 Å². The molecule has 0 spiro atoms. The van der Waals surface area contributed by atoms with Gasteiger partial charge in [0.25, 0.3) is 0 Å². The Morgan fingerprint density at radius 1 is 1.24 bits per heavy atom. The SMILES string of the molecule is CN(C)/C=C1\C=C(c2ccc(Cl)cc2)OC1=S. The van der Waals surface area contributed by atoms with Gasteiger partial charge in [0.2, 0.25) is 0 Å². The summed E-state index contributed by atoms with van der Waals surface area (Å²) < 4.78 is 5.56. The molecular formula is C13H12ClNOS. The third-order valence-electron chi connectivity index (χ3n) is 2.25. The van der Waals surface area contributed by atoms with Crippen LogP contribution in [0.15, 0.2) is 42.1 Å². The van der Waals surface area contributed by atoms with E-state index in [-0.39, 0.29) is 0 Å². The lowest BCUT2D eigenvalue weighted by Crippen LogP contribution is -2.04. The maximum Gasteiger partial charge on any atom is 0.199 e. The monoisotopic (exact) mass is 265 g/mol. The summed E-state index contributed by atoms with van der Waals surface area (Å²) in [7, 11) is 3.90. The minimum absolute atomic E-state index is 0.503. The minimum Gasteiger partial charge on any atom is -0.445 e. The molecule has 17 heavy (non-hydrogen) atoms. The zero-order valence-corrected chi connectivity index (χ0v) is 11.2. The first-order valence-corrected chi connectivity index (χ1v) is 5.93. The van der Waals surface area contributed by atoms with Crippen molar-refractivity contribution in [2.45, 2.75) is 0 Å². The second kappa shape index (κ2) is 4.90. The highest BCUT2D eigenvalue weighted by molar-refractivity contribution is 7.80. The van der Waals surface area contributed by atoms with Crippen molar-refractivity contribution in [3.05, 3.63) is 52.7 Å². The number of hydrogen-bond donors (Lipinski definition) is 0. The highest BCUT2D eigenvalue weighted by Crippen LogP contribution is 2.27. The lowest BCUT2D eigenvalue weighted by atomic mass is 10.1. The lowest BCUT2D eigenvalue weighted by molar-refractivity contribution is 0.530. The number of rotatable bonds is 2. The van der Waals surface area contributed by atoms with Crippen LogP contribution in [0.3, 0.4) is 0 Å². The molecule has 0 unspecified atom stereocenters. The molecule has 0 atom stereocenters. The number of nitrogens with zero attached hydrogens (tertiary/aromatic N) is 1. The Bertz CT molecular complexity index is 503. The first kappa shape index (κ1) is 12.1. The van der Waals surface area contributed by atoms with E-state index in [4.69, 9.17) is 28.6 Å². The van der Waals surface area contributed by atoms with Gasteiger partial charge in [-0.3, -0.25) is 0 Å². The Hall–Kier alpha value is -1.32. The van der Waals surface area contributed by atoms with Crippen LogP contribution in [-0.2, 0) is 4.74 Å². The molecule has 2 rings (SSSR count). The second-order valence-corrected chi connectivity index (χ2v) is 4.76. The van der Waals surface area contributed by atoms with Gasteiger partial charge in [-0.1, -0.05) is 11.6 Å². The zero-order valence-electron chi connectivity index (χ0n) is 9.61. The zero-order chi connectivity index (χ0) is 12.4. The van der Waals surface area contributed by atoms with Gasteiger partial charge in [-0.25, -0.2) is 0 Å². The van der Waals surface area contributed by atoms with E-state index in [1.165, 1.54) is 0 Å². The summed E-state index contributed by atoms with van der Waals surface area (Å²) in [4.78, 5) is 1.94. The van der Waals surface area contributed by atoms with Gasteiger partial charge in [0.1, 0.15) is 5.76 Å². The molecule has 2 nitrogen and oxygen atoms in total. The van der Waals surface area contributed by atoms with Crippen molar-refractivity contribution in [1.29, 1.82) is 0 Å². The molecule has 0 saturated carbocycles. The Labute approximate surface area is 111 Å². The molecule has 0 fully saturated rings. The van der Waals surface area contributed by atoms with Crippen molar-refractivity contribution in [3.63, 3.8) is 0 Å². The fourth-order valence-corrected chi connectivity index (χ4v) is 1.84. The van der Waals surface area contributed by atoms with Crippen LogP contribution in [0.2, 0.25) is 5.02 Å². The highest BCUT2D eigenvalue weighted by atomic mass is 35.5. The molecule has 0 aromatic heterocycles. The third-order valence-corrected chi connectivity index (χ3v) is 2.82. The van der Waals surface area contributed by atoms with Gasteiger partial charge < -0.3 is 9.64 Å². The Morgan fingerprint density at radius 2 is 1.88 bits per heavy atom. The molecular weight excluding hydrogens is 254 g/mol. The van der Waals surface area contributed by atoms with Gasteiger partial charge in [0.15, 0.2) is 5.05 Å². The Kier molecular flexibility index (Phi) is 3.50. The average molecular weight is 266 g/mol. The predicted molar refractivity (Wildman–Crippen MR) is 74.9 cm³/mol. The molecule has 1 heterocycles. The van der Waals surface area contributed by atoms with Crippen molar-refractivity contribution < 1.29 is 4.74 Å². The van der Waals surface area contributed by atoms with Crippen LogP contribution in [0, 0.1) is 0 Å². The predicted octanol–water partition coefficient (Wildman–Crippen LogP) is 3.48. The van der Waals surface area contributed by atoms with Crippen LogP contribution >= 0.6 is 23.8 Å². The summed E-state index contributed by atoms with van der Waals surface area (Å²) in [6.07, 6.45) is 3.87. The molecule has 88 valence electrons. The summed E-state index contributed by atoms with van der Waals surface area (Å²) in [6.45, 7) is 0. The standard InChI is InChI=1S/C13H12ClNOS/c1-15(2)8-10-7-12(16-13(10)17)9-3-5-11(14)6-4-9/h3-8H,1-2H3/b10-8+. The summed E-state index contributed by atoms with van der Waals surface area (Å²) in [5.41, 5.74) is 1.88. The summed E-state index contributed by atoms with van der Waals surface area (Å²) in [5, 5.41) is 1.21. The van der Waals surface area contributed by atoms with Crippen molar-refractivity contribution in [2.24, 2.45) is 0 Å². The Morgan fingerprint density at radius 3 is 2.47 bits per heavy atom. The van der Waals surface area contributed by atoms with E-state index in [1.807, 2.05) is 55.5 Å².